The van der Waals surface area contributed by atoms with Crippen LogP contribution in [0.1, 0.15) is 23.6 Å². The van der Waals surface area contributed by atoms with Crippen LogP contribution in [0.5, 0.6) is 11.5 Å². The zero-order valence-corrected chi connectivity index (χ0v) is 15.4. The molecule has 0 saturated carbocycles. The summed E-state index contributed by atoms with van der Waals surface area (Å²) in [6, 6.07) is 12.9. The molecular weight excluding hydrogens is 328 g/mol. The third kappa shape index (κ3) is 4.42. The largest absolute Gasteiger partial charge is 0.492 e. The maximum atomic E-state index is 12.5. The number of nitrogens with zero attached hydrogens (tertiary/aromatic N) is 1. The maximum Gasteiger partial charge on any atom is 0.266 e. The molecule has 0 fully saturated rings. The van der Waals surface area contributed by atoms with Gasteiger partial charge in [0.05, 0.1) is 13.7 Å². The molecule has 2 aromatic rings. The predicted octanol–water partition coefficient (Wildman–Crippen LogP) is 4.26. The van der Waals surface area contributed by atoms with Gasteiger partial charge >= 0.3 is 0 Å². The summed E-state index contributed by atoms with van der Waals surface area (Å²) >= 11 is 0. The molecule has 0 atom stereocenters. The summed E-state index contributed by atoms with van der Waals surface area (Å²) in [5.74, 6) is 0.580. The minimum atomic E-state index is -0.473. The summed E-state index contributed by atoms with van der Waals surface area (Å²) in [5, 5.41) is 12.2. The molecule has 0 radical (unpaired) electrons. The first-order valence-corrected chi connectivity index (χ1v) is 8.30. The van der Waals surface area contributed by atoms with Crippen LogP contribution in [0.25, 0.3) is 6.08 Å². The van der Waals surface area contributed by atoms with E-state index in [1.165, 1.54) is 13.2 Å². The van der Waals surface area contributed by atoms with Crippen molar-refractivity contribution < 1.29 is 14.3 Å². The Kier molecular flexibility index (Phi) is 6.40. The summed E-state index contributed by atoms with van der Waals surface area (Å²) in [4.78, 5) is 12.5. The highest BCUT2D eigenvalue weighted by atomic mass is 16.5. The quantitative estimate of drug-likeness (QED) is 0.624. The second-order valence-corrected chi connectivity index (χ2v) is 5.73. The van der Waals surface area contributed by atoms with Crippen LogP contribution in [0.3, 0.4) is 0 Å². The first kappa shape index (κ1) is 19.1. The van der Waals surface area contributed by atoms with Crippen molar-refractivity contribution in [2.45, 2.75) is 20.8 Å². The summed E-state index contributed by atoms with van der Waals surface area (Å²) in [6.45, 7) is 6.33. The van der Waals surface area contributed by atoms with Gasteiger partial charge in [0.15, 0.2) is 11.5 Å². The van der Waals surface area contributed by atoms with E-state index in [9.17, 15) is 10.1 Å². The SMILES string of the molecule is CCOc1cccc(/C=C(\C#N)C(=O)Nc2ccc(C)c(C)c2)c1OC. The van der Waals surface area contributed by atoms with Crippen molar-refractivity contribution in [1.29, 1.82) is 5.26 Å². The summed E-state index contributed by atoms with van der Waals surface area (Å²) in [6.07, 6.45) is 1.50. The van der Waals surface area contributed by atoms with Crippen molar-refractivity contribution in [2.75, 3.05) is 19.0 Å². The van der Waals surface area contributed by atoms with Gasteiger partial charge in [0, 0.05) is 11.3 Å². The summed E-state index contributed by atoms with van der Waals surface area (Å²) in [7, 11) is 1.52. The number of anilines is 1. The summed E-state index contributed by atoms with van der Waals surface area (Å²) < 4.78 is 10.9. The Bertz CT molecular complexity index is 879. The van der Waals surface area contributed by atoms with Crippen molar-refractivity contribution in [1.82, 2.24) is 0 Å². The van der Waals surface area contributed by atoms with Gasteiger partial charge in [-0.2, -0.15) is 5.26 Å². The van der Waals surface area contributed by atoms with E-state index >= 15 is 0 Å². The molecule has 0 saturated heterocycles. The maximum absolute atomic E-state index is 12.5. The van der Waals surface area contributed by atoms with Crippen LogP contribution in [0, 0.1) is 25.2 Å². The van der Waals surface area contributed by atoms with E-state index in [4.69, 9.17) is 9.47 Å². The lowest BCUT2D eigenvalue weighted by molar-refractivity contribution is -0.112. The number of rotatable bonds is 6. The second-order valence-electron chi connectivity index (χ2n) is 5.73. The van der Waals surface area contributed by atoms with E-state index in [0.717, 1.165) is 11.1 Å². The normalized spacial score (nSPS) is 10.8. The topological polar surface area (TPSA) is 71.3 Å². The lowest BCUT2D eigenvalue weighted by atomic mass is 10.1. The third-order valence-electron chi connectivity index (χ3n) is 3.94. The van der Waals surface area contributed by atoms with Crippen molar-refractivity contribution >= 4 is 17.7 Å². The number of carbonyl (C=O) groups is 1. The van der Waals surface area contributed by atoms with Crippen LogP contribution in [-0.4, -0.2) is 19.6 Å². The van der Waals surface area contributed by atoms with Gasteiger partial charge in [-0.25, -0.2) is 0 Å². The van der Waals surface area contributed by atoms with Gasteiger partial charge in [-0.15, -0.1) is 0 Å². The van der Waals surface area contributed by atoms with E-state index < -0.39 is 5.91 Å². The molecule has 0 aliphatic heterocycles. The number of nitriles is 1. The molecule has 0 aliphatic carbocycles. The number of benzene rings is 2. The fourth-order valence-electron chi connectivity index (χ4n) is 2.46. The Morgan fingerprint density at radius 2 is 2.00 bits per heavy atom. The zero-order chi connectivity index (χ0) is 19.1. The van der Waals surface area contributed by atoms with Gasteiger partial charge in [0.25, 0.3) is 5.91 Å². The van der Waals surface area contributed by atoms with Gasteiger partial charge in [-0.3, -0.25) is 4.79 Å². The lowest BCUT2D eigenvalue weighted by Crippen LogP contribution is -2.13. The Hall–Kier alpha value is -3.26. The Labute approximate surface area is 153 Å². The number of nitrogens with one attached hydrogen (secondary N) is 1. The monoisotopic (exact) mass is 350 g/mol. The van der Waals surface area contributed by atoms with Gasteiger partial charge in [0.2, 0.25) is 0 Å². The van der Waals surface area contributed by atoms with Crippen molar-refractivity contribution in [3.63, 3.8) is 0 Å². The molecule has 1 N–H and O–H groups in total. The van der Waals surface area contributed by atoms with Crippen molar-refractivity contribution in [2.24, 2.45) is 0 Å². The van der Waals surface area contributed by atoms with Crippen LogP contribution < -0.4 is 14.8 Å². The van der Waals surface area contributed by atoms with Gasteiger partial charge in [-0.1, -0.05) is 18.2 Å². The average Bonchev–Trinajstić information content (AvgIpc) is 2.63. The molecule has 0 unspecified atom stereocenters. The molecule has 5 heteroatoms. The molecule has 0 heterocycles. The molecule has 5 nitrogen and oxygen atoms in total. The molecule has 26 heavy (non-hydrogen) atoms. The zero-order valence-electron chi connectivity index (χ0n) is 15.4. The molecule has 134 valence electrons. The lowest BCUT2D eigenvalue weighted by Gasteiger charge is -2.12. The number of ether oxygens (including phenoxy) is 2. The highest BCUT2D eigenvalue weighted by Crippen LogP contribution is 2.32. The smallest absolute Gasteiger partial charge is 0.266 e. The fraction of sp³-hybridized carbons (Fsp3) is 0.238. The second kappa shape index (κ2) is 8.72. The summed E-state index contributed by atoms with van der Waals surface area (Å²) in [5.41, 5.74) is 3.43. The standard InChI is InChI=1S/C21H22N2O3/c1-5-26-19-8-6-7-16(20(19)25-4)12-17(13-22)21(24)23-18-10-9-14(2)15(3)11-18/h6-12H,5H2,1-4H3,(H,23,24)/b17-12+. The Morgan fingerprint density at radius 1 is 1.23 bits per heavy atom. The van der Waals surface area contributed by atoms with E-state index in [2.05, 4.69) is 5.32 Å². The van der Waals surface area contributed by atoms with Gasteiger partial charge in [0.1, 0.15) is 11.6 Å². The molecule has 1 amide bonds. The predicted molar refractivity (Wildman–Crippen MR) is 102 cm³/mol. The van der Waals surface area contributed by atoms with E-state index in [1.54, 1.807) is 18.2 Å². The van der Waals surface area contributed by atoms with Crippen LogP contribution in [0.2, 0.25) is 0 Å². The number of methoxy groups -OCH3 is 1. The molecular formula is C21H22N2O3. The Balaban J connectivity index is 2.32. The minimum absolute atomic E-state index is 0.0184. The minimum Gasteiger partial charge on any atom is -0.492 e. The highest BCUT2D eigenvalue weighted by Gasteiger charge is 2.14. The first-order chi connectivity index (χ1) is 12.5. The van der Waals surface area contributed by atoms with Crippen LogP contribution >= 0.6 is 0 Å². The molecule has 0 aliphatic rings. The molecule has 2 rings (SSSR count). The van der Waals surface area contributed by atoms with E-state index in [-0.39, 0.29) is 5.57 Å². The average molecular weight is 350 g/mol. The van der Waals surface area contributed by atoms with Gasteiger partial charge in [-0.05, 0) is 56.2 Å². The van der Waals surface area contributed by atoms with Crippen LogP contribution in [-0.2, 0) is 4.79 Å². The van der Waals surface area contributed by atoms with Crippen molar-refractivity contribution in [3.8, 4) is 17.6 Å². The van der Waals surface area contributed by atoms with Crippen LogP contribution in [0.4, 0.5) is 5.69 Å². The van der Waals surface area contributed by atoms with Crippen molar-refractivity contribution in [3.05, 3.63) is 58.7 Å². The number of para-hydroxylation sites is 1. The molecule has 0 bridgehead atoms. The third-order valence-corrected chi connectivity index (χ3v) is 3.94. The van der Waals surface area contributed by atoms with Gasteiger partial charge < -0.3 is 14.8 Å². The number of carbonyl (C=O) groups excluding carboxylic acids is 1. The van der Waals surface area contributed by atoms with E-state index in [1.807, 2.05) is 45.0 Å². The molecule has 2 aromatic carbocycles. The van der Waals surface area contributed by atoms with E-state index in [0.29, 0.717) is 29.4 Å². The fourth-order valence-corrected chi connectivity index (χ4v) is 2.46. The first-order valence-electron chi connectivity index (χ1n) is 8.30. The Morgan fingerprint density at radius 3 is 2.62 bits per heavy atom. The molecule has 0 aromatic heterocycles. The number of amides is 1. The number of aryl methyl sites for hydroxylation is 2. The highest BCUT2D eigenvalue weighted by molar-refractivity contribution is 6.09. The van der Waals surface area contributed by atoms with Crippen LogP contribution in [0.15, 0.2) is 42.0 Å². The number of hydrogen-bond acceptors (Lipinski definition) is 4. The molecule has 0 spiro atoms. The number of hydrogen-bond donors (Lipinski definition) is 1.